The monoisotopic (exact) mass is 295 g/mol. The molecule has 0 amide bonds. The van der Waals surface area contributed by atoms with Crippen molar-refractivity contribution in [3.8, 4) is 0 Å². The van der Waals surface area contributed by atoms with Gasteiger partial charge in [0.25, 0.3) is 0 Å². The molecule has 0 saturated carbocycles. The number of imidazole rings is 1. The first kappa shape index (κ1) is 12.6. The Morgan fingerprint density at radius 2 is 2.24 bits per heavy atom. The quantitative estimate of drug-likeness (QED) is 0.903. The summed E-state index contributed by atoms with van der Waals surface area (Å²) in [6.07, 6.45) is 1.13. The summed E-state index contributed by atoms with van der Waals surface area (Å²) in [5.74, 6) is 1.01. The van der Waals surface area contributed by atoms with Gasteiger partial charge in [-0.2, -0.15) is 0 Å². The van der Waals surface area contributed by atoms with Gasteiger partial charge in [-0.3, -0.25) is 0 Å². The molecule has 17 heavy (non-hydrogen) atoms. The van der Waals surface area contributed by atoms with E-state index in [0.717, 1.165) is 34.3 Å². The summed E-state index contributed by atoms with van der Waals surface area (Å²) in [4.78, 5) is 8.05. The van der Waals surface area contributed by atoms with E-state index in [9.17, 15) is 0 Å². The molecule has 1 unspecified atom stereocenters. The number of aromatic amines is 1. The van der Waals surface area contributed by atoms with Crippen LogP contribution in [0.2, 0.25) is 0 Å². The topological polar surface area (TPSA) is 40.7 Å². The number of aromatic nitrogens is 2. The molecule has 0 saturated heterocycles. The average molecular weight is 296 g/mol. The third-order valence-corrected chi connectivity index (χ3v) is 3.33. The lowest BCUT2D eigenvalue weighted by atomic mass is 10.2. The van der Waals surface area contributed by atoms with Gasteiger partial charge in [-0.15, -0.1) is 0 Å². The van der Waals surface area contributed by atoms with Crippen LogP contribution in [0, 0.1) is 6.92 Å². The number of nitrogens with zero attached hydrogens (tertiary/aromatic N) is 1. The Bertz CT molecular complexity index is 519. The van der Waals surface area contributed by atoms with Crippen LogP contribution in [0.25, 0.3) is 11.0 Å². The van der Waals surface area contributed by atoms with Crippen molar-refractivity contribution in [2.75, 3.05) is 6.54 Å². The zero-order valence-corrected chi connectivity index (χ0v) is 12.1. The van der Waals surface area contributed by atoms with Gasteiger partial charge in [0.1, 0.15) is 5.82 Å². The van der Waals surface area contributed by atoms with Crippen LogP contribution in [0.5, 0.6) is 0 Å². The lowest BCUT2D eigenvalue weighted by Crippen LogP contribution is -2.20. The summed E-state index contributed by atoms with van der Waals surface area (Å²) in [7, 11) is 0. The fraction of sp³-hybridized carbons (Fsp3) is 0.462. The number of nitrogens with one attached hydrogen (secondary N) is 2. The summed E-state index contributed by atoms with van der Waals surface area (Å²) < 4.78 is 1.09. The number of rotatable bonds is 4. The minimum absolute atomic E-state index is 0.264. The largest absolute Gasteiger partial charge is 0.341 e. The van der Waals surface area contributed by atoms with Crippen molar-refractivity contribution in [3.05, 3.63) is 28.0 Å². The van der Waals surface area contributed by atoms with Crippen molar-refractivity contribution in [2.45, 2.75) is 33.2 Å². The summed E-state index contributed by atoms with van der Waals surface area (Å²) >= 11 is 3.51. The molecule has 0 fully saturated rings. The minimum atomic E-state index is 0.264. The minimum Gasteiger partial charge on any atom is -0.341 e. The normalized spacial score (nSPS) is 13.2. The molecule has 92 valence electrons. The summed E-state index contributed by atoms with van der Waals surface area (Å²) in [5, 5.41) is 3.44. The zero-order valence-electron chi connectivity index (χ0n) is 10.5. The van der Waals surface area contributed by atoms with Gasteiger partial charge in [0.2, 0.25) is 0 Å². The molecule has 0 aliphatic heterocycles. The van der Waals surface area contributed by atoms with Crippen LogP contribution in [-0.4, -0.2) is 16.5 Å². The lowest BCUT2D eigenvalue weighted by Gasteiger charge is -2.09. The highest BCUT2D eigenvalue weighted by atomic mass is 79.9. The van der Waals surface area contributed by atoms with Crippen molar-refractivity contribution in [2.24, 2.45) is 0 Å². The van der Waals surface area contributed by atoms with E-state index in [4.69, 9.17) is 0 Å². The molecule has 3 nitrogen and oxygen atoms in total. The Morgan fingerprint density at radius 3 is 2.94 bits per heavy atom. The maximum absolute atomic E-state index is 4.67. The molecular formula is C13H18BrN3. The molecule has 2 N–H and O–H groups in total. The predicted molar refractivity (Wildman–Crippen MR) is 75.2 cm³/mol. The van der Waals surface area contributed by atoms with Gasteiger partial charge in [0.05, 0.1) is 17.1 Å². The second-order valence-electron chi connectivity index (χ2n) is 4.42. The molecule has 0 radical (unpaired) electrons. The van der Waals surface area contributed by atoms with E-state index in [2.05, 4.69) is 64.1 Å². The average Bonchev–Trinajstić information content (AvgIpc) is 2.69. The highest BCUT2D eigenvalue weighted by Gasteiger charge is 2.11. The van der Waals surface area contributed by atoms with E-state index in [1.807, 2.05) is 0 Å². The van der Waals surface area contributed by atoms with Gasteiger partial charge < -0.3 is 10.3 Å². The van der Waals surface area contributed by atoms with Crippen molar-refractivity contribution in [3.63, 3.8) is 0 Å². The molecular weight excluding hydrogens is 278 g/mol. The second kappa shape index (κ2) is 5.19. The van der Waals surface area contributed by atoms with Crippen LogP contribution < -0.4 is 5.32 Å². The number of H-pyrrole nitrogens is 1. The summed E-state index contributed by atoms with van der Waals surface area (Å²) in [6, 6.07) is 4.43. The standard InChI is InChI=1S/C13H18BrN3/c1-4-5-15-9(3)13-16-11-7-10(14)6-8(2)12(11)17-13/h6-7,9,15H,4-5H2,1-3H3,(H,16,17). The van der Waals surface area contributed by atoms with Gasteiger partial charge in [0, 0.05) is 4.47 Å². The molecule has 1 atom stereocenters. The Kier molecular flexibility index (Phi) is 3.84. The molecule has 1 heterocycles. The fourth-order valence-corrected chi connectivity index (χ4v) is 2.50. The van der Waals surface area contributed by atoms with Crippen LogP contribution >= 0.6 is 15.9 Å². The molecule has 0 aliphatic carbocycles. The first-order valence-electron chi connectivity index (χ1n) is 6.01. The first-order valence-corrected chi connectivity index (χ1v) is 6.80. The first-order chi connectivity index (χ1) is 8.11. The van der Waals surface area contributed by atoms with Gasteiger partial charge >= 0.3 is 0 Å². The van der Waals surface area contributed by atoms with Crippen molar-refractivity contribution in [1.29, 1.82) is 0 Å². The van der Waals surface area contributed by atoms with Gasteiger partial charge in [0.15, 0.2) is 0 Å². The van der Waals surface area contributed by atoms with E-state index in [0.29, 0.717) is 0 Å². The number of aryl methyl sites for hydroxylation is 1. The van der Waals surface area contributed by atoms with Crippen LogP contribution in [0.3, 0.4) is 0 Å². The van der Waals surface area contributed by atoms with E-state index in [1.54, 1.807) is 0 Å². The Labute approximate surface area is 110 Å². The molecule has 0 aliphatic rings. The Morgan fingerprint density at radius 1 is 1.47 bits per heavy atom. The van der Waals surface area contributed by atoms with Crippen LogP contribution in [0.15, 0.2) is 16.6 Å². The van der Waals surface area contributed by atoms with E-state index < -0.39 is 0 Å². The van der Waals surface area contributed by atoms with Crippen LogP contribution in [-0.2, 0) is 0 Å². The predicted octanol–water partition coefficient (Wildman–Crippen LogP) is 3.69. The molecule has 0 bridgehead atoms. The lowest BCUT2D eigenvalue weighted by molar-refractivity contribution is 0.550. The molecule has 4 heteroatoms. The van der Waals surface area contributed by atoms with Gasteiger partial charge in [-0.05, 0) is 44.5 Å². The van der Waals surface area contributed by atoms with Crippen molar-refractivity contribution < 1.29 is 0 Å². The number of hydrogen-bond donors (Lipinski definition) is 2. The maximum atomic E-state index is 4.67. The molecule has 2 aromatic rings. The third-order valence-electron chi connectivity index (χ3n) is 2.87. The zero-order chi connectivity index (χ0) is 12.4. The second-order valence-corrected chi connectivity index (χ2v) is 5.33. The number of hydrogen-bond acceptors (Lipinski definition) is 2. The van der Waals surface area contributed by atoms with E-state index in [-0.39, 0.29) is 6.04 Å². The van der Waals surface area contributed by atoms with Crippen LogP contribution in [0.4, 0.5) is 0 Å². The Hall–Kier alpha value is -0.870. The maximum Gasteiger partial charge on any atom is 0.124 e. The fourth-order valence-electron chi connectivity index (χ4n) is 1.93. The Balaban J connectivity index is 2.34. The summed E-state index contributed by atoms with van der Waals surface area (Å²) in [5.41, 5.74) is 3.35. The molecule has 1 aromatic carbocycles. The van der Waals surface area contributed by atoms with Crippen molar-refractivity contribution >= 4 is 27.0 Å². The third kappa shape index (κ3) is 2.69. The molecule has 0 spiro atoms. The van der Waals surface area contributed by atoms with Crippen LogP contribution in [0.1, 0.15) is 37.7 Å². The number of benzene rings is 1. The highest BCUT2D eigenvalue weighted by molar-refractivity contribution is 9.10. The van der Waals surface area contributed by atoms with E-state index in [1.165, 1.54) is 5.56 Å². The smallest absolute Gasteiger partial charge is 0.124 e. The number of fused-ring (bicyclic) bond motifs is 1. The van der Waals surface area contributed by atoms with Gasteiger partial charge in [-0.25, -0.2) is 4.98 Å². The SMILES string of the molecule is CCCNC(C)c1nc2c(C)cc(Br)cc2[nH]1. The summed E-state index contributed by atoms with van der Waals surface area (Å²) in [6.45, 7) is 7.40. The van der Waals surface area contributed by atoms with E-state index >= 15 is 0 Å². The number of halogens is 1. The highest BCUT2D eigenvalue weighted by Crippen LogP contribution is 2.23. The van der Waals surface area contributed by atoms with Gasteiger partial charge in [-0.1, -0.05) is 22.9 Å². The van der Waals surface area contributed by atoms with Crippen molar-refractivity contribution in [1.82, 2.24) is 15.3 Å². The molecule has 1 aromatic heterocycles. The molecule has 2 rings (SSSR count).